The Kier molecular flexibility index (Phi) is 4.67. The van der Waals surface area contributed by atoms with Crippen LogP contribution in [0.2, 0.25) is 0 Å². The van der Waals surface area contributed by atoms with Crippen LogP contribution in [-0.4, -0.2) is 4.98 Å². The van der Waals surface area contributed by atoms with Gasteiger partial charge in [-0.2, -0.15) is 0 Å². The van der Waals surface area contributed by atoms with Gasteiger partial charge in [0.1, 0.15) is 0 Å². The van der Waals surface area contributed by atoms with Crippen molar-refractivity contribution in [3.05, 3.63) is 38.0 Å². The fourth-order valence-corrected chi connectivity index (χ4v) is 4.08. The molecular formula is C16H24N2S2. The second-order valence-corrected chi connectivity index (χ2v) is 8.35. The van der Waals surface area contributed by atoms with Gasteiger partial charge in [0.25, 0.3) is 0 Å². The number of aryl methyl sites for hydroxylation is 1. The molecule has 0 fully saturated rings. The fourth-order valence-electron chi connectivity index (χ4n) is 2.20. The smallest absolute Gasteiger partial charge is 0.0985 e. The van der Waals surface area contributed by atoms with E-state index < -0.39 is 0 Å². The van der Waals surface area contributed by atoms with Gasteiger partial charge < -0.3 is 5.32 Å². The number of aromatic nitrogens is 1. The molecule has 110 valence electrons. The van der Waals surface area contributed by atoms with E-state index in [-0.39, 0.29) is 5.41 Å². The van der Waals surface area contributed by atoms with Crippen molar-refractivity contribution in [3.63, 3.8) is 0 Å². The molecule has 0 bridgehead atoms. The molecule has 0 aliphatic rings. The first-order valence-electron chi connectivity index (χ1n) is 7.06. The van der Waals surface area contributed by atoms with Crippen LogP contribution in [0.4, 0.5) is 0 Å². The third kappa shape index (κ3) is 3.48. The van der Waals surface area contributed by atoms with Gasteiger partial charge >= 0.3 is 0 Å². The molecule has 0 radical (unpaired) electrons. The largest absolute Gasteiger partial charge is 0.302 e. The van der Waals surface area contributed by atoms with Gasteiger partial charge in [-0.25, -0.2) is 4.98 Å². The Morgan fingerprint density at radius 2 is 1.90 bits per heavy atom. The molecule has 0 aliphatic carbocycles. The number of rotatable bonds is 4. The Bertz CT molecular complexity index is 550. The monoisotopic (exact) mass is 308 g/mol. The predicted octanol–water partition coefficient (Wildman–Crippen LogP) is 5.22. The summed E-state index contributed by atoms with van der Waals surface area (Å²) >= 11 is 3.65. The first-order valence-corrected chi connectivity index (χ1v) is 8.76. The lowest BCUT2D eigenvalue weighted by atomic mass is 9.98. The van der Waals surface area contributed by atoms with Crippen molar-refractivity contribution in [1.29, 1.82) is 0 Å². The molecule has 2 atom stereocenters. The maximum absolute atomic E-state index is 4.75. The highest BCUT2D eigenvalue weighted by Gasteiger charge is 2.23. The SMILES string of the molecule is Cc1nc(C(C)(C)C)sc1C(C)N[C@@H](C)c1cccs1. The van der Waals surface area contributed by atoms with Gasteiger partial charge in [0, 0.05) is 27.3 Å². The average Bonchev–Trinajstić information content (AvgIpc) is 2.95. The summed E-state index contributed by atoms with van der Waals surface area (Å²) in [4.78, 5) is 7.50. The standard InChI is InChI=1S/C16H24N2S2/c1-10(13-8-7-9-19-13)17-11(2)14-12(3)18-15(20-14)16(4,5)6/h7-11,17H,1-6H3/t10-,11?/m0/s1. The van der Waals surface area contributed by atoms with Crippen molar-refractivity contribution < 1.29 is 0 Å². The van der Waals surface area contributed by atoms with Crippen molar-refractivity contribution in [1.82, 2.24) is 10.3 Å². The van der Waals surface area contributed by atoms with Crippen molar-refractivity contribution in [2.75, 3.05) is 0 Å². The summed E-state index contributed by atoms with van der Waals surface area (Å²) in [5.74, 6) is 0. The molecule has 2 aromatic rings. The Hall–Kier alpha value is -0.710. The van der Waals surface area contributed by atoms with Crippen LogP contribution in [0.1, 0.15) is 67.2 Å². The predicted molar refractivity (Wildman–Crippen MR) is 89.8 cm³/mol. The summed E-state index contributed by atoms with van der Waals surface area (Å²) in [5, 5.41) is 7.04. The van der Waals surface area contributed by atoms with Crippen LogP contribution in [0.15, 0.2) is 17.5 Å². The summed E-state index contributed by atoms with van der Waals surface area (Å²) in [5.41, 5.74) is 1.30. The van der Waals surface area contributed by atoms with Gasteiger partial charge in [-0.15, -0.1) is 22.7 Å². The molecule has 0 saturated heterocycles. The molecular weight excluding hydrogens is 284 g/mol. The minimum absolute atomic E-state index is 0.132. The van der Waals surface area contributed by atoms with Crippen LogP contribution in [0.3, 0.4) is 0 Å². The molecule has 4 heteroatoms. The zero-order valence-electron chi connectivity index (χ0n) is 13.2. The van der Waals surface area contributed by atoms with E-state index in [1.54, 1.807) is 0 Å². The lowest BCUT2D eigenvalue weighted by Crippen LogP contribution is -2.21. The highest BCUT2D eigenvalue weighted by molar-refractivity contribution is 7.12. The summed E-state index contributed by atoms with van der Waals surface area (Å²) in [6.07, 6.45) is 0. The summed E-state index contributed by atoms with van der Waals surface area (Å²) in [6, 6.07) is 5.01. The Labute approximate surface area is 130 Å². The maximum Gasteiger partial charge on any atom is 0.0985 e. The molecule has 0 saturated carbocycles. The van der Waals surface area contributed by atoms with Crippen LogP contribution < -0.4 is 5.32 Å². The summed E-state index contributed by atoms with van der Waals surface area (Å²) < 4.78 is 0. The number of thiophene rings is 1. The van der Waals surface area contributed by atoms with E-state index in [1.165, 1.54) is 20.5 Å². The second-order valence-electron chi connectivity index (χ2n) is 6.34. The molecule has 2 heterocycles. The third-order valence-electron chi connectivity index (χ3n) is 3.34. The van der Waals surface area contributed by atoms with Crippen LogP contribution in [0.25, 0.3) is 0 Å². The van der Waals surface area contributed by atoms with E-state index in [4.69, 9.17) is 4.98 Å². The summed E-state index contributed by atoms with van der Waals surface area (Å²) in [6.45, 7) is 13.2. The normalized spacial score (nSPS) is 15.3. The molecule has 1 unspecified atom stereocenters. The first kappa shape index (κ1) is 15.7. The molecule has 2 rings (SSSR count). The van der Waals surface area contributed by atoms with Gasteiger partial charge in [-0.1, -0.05) is 26.8 Å². The van der Waals surface area contributed by atoms with Crippen molar-refractivity contribution >= 4 is 22.7 Å². The molecule has 0 spiro atoms. The van der Waals surface area contributed by atoms with Crippen LogP contribution in [0, 0.1) is 6.92 Å². The average molecular weight is 309 g/mol. The lowest BCUT2D eigenvalue weighted by molar-refractivity contribution is 0.503. The van der Waals surface area contributed by atoms with Crippen molar-refractivity contribution in [3.8, 4) is 0 Å². The molecule has 2 aromatic heterocycles. The van der Waals surface area contributed by atoms with Crippen molar-refractivity contribution in [2.45, 2.75) is 59.0 Å². The molecule has 20 heavy (non-hydrogen) atoms. The number of thiazole rings is 1. The Morgan fingerprint density at radius 1 is 1.20 bits per heavy atom. The number of nitrogens with zero attached hydrogens (tertiary/aromatic N) is 1. The molecule has 1 N–H and O–H groups in total. The number of hydrogen-bond acceptors (Lipinski definition) is 4. The molecule has 2 nitrogen and oxygen atoms in total. The summed E-state index contributed by atoms with van der Waals surface area (Å²) in [7, 11) is 0. The second kappa shape index (κ2) is 5.96. The fraction of sp³-hybridized carbons (Fsp3) is 0.562. The van der Waals surface area contributed by atoms with Gasteiger partial charge in [-0.3, -0.25) is 0 Å². The zero-order chi connectivity index (χ0) is 14.9. The Balaban J connectivity index is 2.13. The zero-order valence-corrected chi connectivity index (χ0v) is 14.8. The van der Waals surface area contributed by atoms with Crippen molar-refractivity contribution in [2.24, 2.45) is 0 Å². The van der Waals surface area contributed by atoms with Crippen LogP contribution in [0.5, 0.6) is 0 Å². The van der Waals surface area contributed by atoms with E-state index >= 15 is 0 Å². The van der Waals surface area contributed by atoms with E-state index in [0.29, 0.717) is 12.1 Å². The van der Waals surface area contributed by atoms with Crippen LogP contribution >= 0.6 is 22.7 Å². The molecule has 0 amide bonds. The minimum Gasteiger partial charge on any atom is -0.302 e. The molecule has 0 aliphatic heterocycles. The molecule has 0 aromatic carbocycles. The Morgan fingerprint density at radius 3 is 2.40 bits per heavy atom. The van der Waals surface area contributed by atoms with E-state index in [0.717, 1.165) is 0 Å². The van der Waals surface area contributed by atoms with Gasteiger partial charge in [-0.05, 0) is 32.2 Å². The highest BCUT2D eigenvalue weighted by Crippen LogP contribution is 2.33. The first-order chi connectivity index (χ1) is 9.29. The van der Waals surface area contributed by atoms with E-state index in [1.807, 2.05) is 22.7 Å². The maximum atomic E-state index is 4.75. The van der Waals surface area contributed by atoms with Gasteiger partial charge in [0.2, 0.25) is 0 Å². The van der Waals surface area contributed by atoms with Gasteiger partial charge in [0.05, 0.1) is 10.7 Å². The number of hydrogen-bond donors (Lipinski definition) is 1. The van der Waals surface area contributed by atoms with Crippen LogP contribution in [-0.2, 0) is 5.41 Å². The third-order valence-corrected chi connectivity index (χ3v) is 6.16. The van der Waals surface area contributed by atoms with Gasteiger partial charge in [0.15, 0.2) is 0 Å². The highest BCUT2D eigenvalue weighted by atomic mass is 32.1. The number of nitrogens with one attached hydrogen (secondary N) is 1. The lowest BCUT2D eigenvalue weighted by Gasteiger charge is -2.18. The van der Waals surface area contributed by atoms with E-state index in [9.17, 15) is 0 Å². The quantitative estimate of drug-likeness (QED) is 0.837. The minimum atomic E-state index is 0.132. The van der Waals surface area contributed by atoms with E-state index in [2.05, 4.69) is 64.4 Å². The topological polar surface area (TPSA) is 24.9 Å².